The highest BCUT2D eigenvalue weighted by Gasteiger charge is 2.24. The number of sulfonamides is 1. The van der Waals surface area contributed by atoms with E-state index >= 15 is 0 Å². The third-order valence-corrected chi connectivity index (χ3v) is 6.53. The summed E-state index contributed by atoms with van der Waals surface area (Å²) in [5, 5.41) is 6.45. The maximum atomic E-state index is 13.0. The van der Waals surface area contributed by atoms with Gasteiger partial charge in [-0.25, -0.2) is 12.8 Å². The summed E-state index contributed by atoms with van der Waals surface area (Å²) in [7, 11) is -2.50. The Hall–Kier alpha value is -2.63. The second kappa shape index (κ2) is 9.02. The predicted octanol–water partition coefficient (Wildman–Crippen LogP) is 3.14. The standard InChI is InChI=1S/C19H18BrFN4O4S/c1-12(19-23-18(24-29-19)13-3-7-15(21)8-4-13)22-17(26)11-25(2)30(27,28)16-9-5-14(20)6-10-16/h3-10,12H,11H2,1-2H3,(H,22,26). The Morgan fingerprint density at radius 1 is 1.20 bits per heavy atom. The number of rotatable bonds is 7. The summed E-state index contributed by atoms with van der Waals surface area (Å²) in [5.74, 6) is -0.528. The Morgan fingerprint density at radius 2 is 1.83 bits per heavy atom. The number of benzene rings is 2. The van der Waals surface area contributed by atoms with Crippen LogP contribution < -0.4 is 5.32 Å². The highest BCUT2D eigenvalue weighted by molar-refractivity contribution is 9.10. The molecule has 0 saturated heterocycles. The van der Waals surface area contributed by atoms with Crippen molar-refractivity contribution in [1.82, 2.24) is 19.8 Å². The molecule has 1 heterocycles. The first-order valence-electron chi connectivity index (χ1n) is 8.77. The second-order valence-electron chi connectivity index (χ2n) is 6.47. The van der Waals surface area contributed by atoms with Crippen LogP contribution in [0, 0.1) is 5.82 Å². The molecule has 158 valence electrons. The van der Waals surface area contributed by atoms with Gasteiger partial charge in [0.05, 0.1) is 11.4 Å². The van der Waals surface area contributed by atoms with Crippen LogP contribution in [-0.2, 0) is 14.8 Å². The molecule has 1 N–H and O–H groups in total. The molecule has 0 aliphatic rings. The monoisotopic (exact) mass is 496 g/mol. The molecule has 0 spiro atoms. The second-order valence-corrected chi connectivity index (χ2v) is 9.43. The first-order valence-corrected chi connectivity index (χ1v) is 11.0. The van der Waals surface area contributed by atoms with Gasteiger partial charge in [-0.1, -0.05) is 21.1 Å². The molecule has 3 aromatic rings. The van der Waals surface area contributed by atoms with Crippen LogP contribution >= 0.6 is 15.9 Å². The molecule has 0 aliphatic heterocycles. The minimum absolute atomic E-state index is 0.0786. The maximum Gasteiger partial charge on any atom is 0.249 e. The number of nitrogens with zero attached hydrogens (tertiary/aromatic N) is 3. The third-order valence-electron chi connectivity index (χ3n) is 4.18. The van der Waals surface area contributed by atoms with Crippen LogP contribution in [0.2, 0.25) is 0 Å². The summed E-state index contributed by atoms with van der Waals surface area (Å²) in [4.78, 5) is 16.6. The quantitative estimate of drug-likeness (QED) is 0.538. The van der Waals surface area contributed by atoms with E-state index in [4.69, 9.17) is 4.52 Å². The van der Waals surface area contributed by atoms with E-state index in [9.17, 15) is 17.6 Å². The fourth-order valence-corrected chi connectivity index (χ4v) is 3.94. The molecule has 0 radical (unpaired) electrons. The first kappa shape index (κ1) is 22.1. The Morgan fingerprint density at radius 3 is 2.47 bits per heavy atom. The van der Waals surface area contributed by atoms with E-state index in [1.165, 1.54) is 43.4 Å². The maximum absolute atomic E-state index is 13.0. The van der Waals surface area contributed by atoms with Crippen molar-refractivity contribution in [3.63, 3.8) is 0 Å². The van der Waals surface area contributed by atoms with E-state index in [0.29, 0.717) is 5.56 Å². The van der Waals surface area contributed by atoms with E-state index in [1.807, 2.05) is 0 Å². The Bertz CT molecular complexity index is 1130. The highest BCUT2D eigenvalue weighted by atomic mass is 79.9. The summed E-state index contributed by atoms with van der Waals surface area (Å²) in [6.45, 7) is 1.24. The van der Waals surface area contributed by atoms with Crippen molar-refractivity contribution < 1.29 is 22.1 Å². The van der Waals surface area contributed by atoms with Crippen LogP contribution in [0.25, 0.3) is 11.4 Å². The Kier molecular flexibility index (Phi) is 6.64. The lowest BCUT2D eigenvalue weighted by Gasteiger charge is -2.18. The van der Waals surface area contributed by atoms with E-state index in [-0.39, 0.29) is 29.0 Å². The van der Waals surface area contributed by atoms with E-state index in [1.54, 1.807) is 19.1 Å². The fraction of sp³-hybridized carbons (Fsp3) is 0.211. The summed E-state index contributed by atoms with van der Waals surface area (Å²) in [6.07, 6.45) is 0. The van der Waals surface area contributed by atoms with Crippen molar-refractivity contribution in [3.05, 3.63) is 64.7 Å². The first-order chi connectivity index (χ1) is 14.2. The molecule has 1 unspecified atom stereocenters. The number of amides is 1. The Balaban J connectivity index is 1.63. The number of halogens is 2. The molecule has 0 fully saturated rings. The highest BCUT2D eigenvalue weighted by Crippen LogP contribution is 2.20. The van der Waals surface area contributed by atoms with Crippen LogP contribution in [0.5, 0.6) is 0 Å². The van der Waals surface area contributed by atoms with Gasteiger partial charge in [-0.2, -0.15) is 9.29 Å². The SMILES string of the molecule is CC(NC(=O)CN(C)S(=O)(=O)c1ccc(Br)cc1)c1nc(-c2ccc(F)cc2)no1. The van der Waals surface area contributed by atoms with Gasteiger partial charge in [-0.3, -0.25) is 4.79 Å². The van der Waals surface area contributed by atoms with Crippen LogP contribution in [0.15, 0.2) is 62.4 Å². The average molecular weight is 497 g/mol. The molecule has 1 atom stereocenters. The van der Waals surface area contributed by atoms with Gasteiger partial charge in [-0.15, -0.1) is 0 Å². The normalized spacial score (nSPS) is 12.7. The van der Waals surface area contributed by atoms with E-state index in [2.05, 4.69) is 31.4 Å². The van der Waals surface area contributed by atoms with Crippen molar-refractivity contribution in [2.24, 2.45) is 0 Å². The van der Waals surface area contributed by atoms with Crippen LogP contribution in [0.4, 0.5) is 4.39 Å². The summed E-state index contributed by atoms with van der Waals surface area (Å²) in [6, 6.07) is 11.0. The van der Waals surface area contributed by atoms with Gasteiger partial charge in [-0.05, 0) is 55.5 Å². The summed E-state index contributed by atoms with van der Waals surface area (Å²) < 4.78 is 45.1. The molecule has 0 saturated carbocycles. The molecule has 11 heteroatoms. The molecular formula is C19H18BrFN4O4S. The zero-order chi connectivity index (χ0) is 21.9. The van der Waals surface area contributed by atoms with Gasteiger partial charge in [0.25, 0.3) is 0 Å². The summed E-state index contributed by atoms with van der Waals surface area (Å²) in [5.41, 5.74) is 0.560. The lowest BCUT2D eigenvalue weighted by atomic mass is 10.2. The number of nitrogens with one attached hydrogen (secondary N) is 1. The smallest absolute Gasteiger partial charge is 0.249 e. The van der Waals surface area contributed by atoms with Gasteiger partial charge in [0.15, 0.2) is 0 Å². The number of carbonyl (C=O) groups is 1. The number of hydrogen-bond acceptors (Lipinski definition) is 6. The largest absolute Gasteiger partial charge is 0.343 e. The molecule has 8 nitrogen and oxygen atoms in total. The van der Waals surface area contributed by atoms with Gasteiger partial charge in [0.1, 0.15) is 11.9 Å². The number of hydrogen-bond donors (Lipinski definition) is 1. The predicted molar refractivity (Wildman–Crippen MR) is 110 cm³/mol. The minimum Gasteiger partial charge on any atom is -0.343 e. The molecule has 3 rings (SSSR count). The van der Waals surface area contributed by atoms with Crippen molar-refractivity contribution in [1.29, 1.82) is 0 Å². The molecular weight excluding hydrogens is 479 g/mol. The Labute approximate surface area is 181 Å². The average Bonchev–Trinajstić information content (AvgIpc) is 3.19. The number of aromatic nitrogens is 2. The lowest BCUT2D eigenvalue weighted by molar-refractivity contribution is -0.121. The van der Waals surface area contributed by atoms with E-state index < -0.39 is 22.0 Å². The van der Waals surface area contributed by atoms with Gasteiger partial charge in [0, 0.05) is 17.1 Å². The van der Waals surface area contributed by atoms with Gasteiger partial charge in [0.2, 0.25) is 27.6 Å². The number of likely N-dealkylation sites (N-methyl/N-ethyl adjacent to an activating group) is 1. The van der Waals surface area contributed by atoms with Crippen molar-refractivity contribution in [3.8, 4) is 11.4 Å². The summed E-state index contributed by atoms with van der Waals surface area (Å²) >= 11 is 3.25. The molecule has 1 amide bonds. The van der Waals surface area contributed by atoms with Crippen molar-refractivity contribution in [2.45, 2.75) is 17.9 Å². The topological polar surface area (TPSA) is 105 Å². The van der Waals surface area contributed by atoms with E-state index in [0.717, 1.165) is 8.78 Å². The van der Waals surface area contributed by atoms with Gasteiger partial charge < -0.3 is 9.84 Å². The van der Waals surface area contributed by atoms with Crippen molar-refractivity contribution in [2.75, 3.05) is 13.6 Å². The molecule has 1 aromatic heterocycles. The third kappa shape index (κ3) is 5.10. The zero-order valence-electron chi connectivity index (χ0n) is 16.0. The fourth-order valence-electron chi connectivity index (χ4n) is 2.55. The molecule has 30 heavy (non-hydrogen) atoms. The zero-order valence-corrected chi connectivity index (χ0v) is 18.4. The van der Waals surface area contributed by atoms with Crippen LogP contribution in [0.1, 0.15) is 18.9 Å². The van der Waals surface area contributed by atoms with Crippen molar-refractivity contribution >= 4 is 31.9 Å². The minimum atomic E-state index is -3.82. The lowest BCUT2D eigenvalue weighted by Crippen LogP contribution is -2.39. The molecule has 0 bridgehead atoms. The number of carbonyl (C=O) groups excluding carboxylic acids is 1. The van der Waals surface area contributed by atoms with Crippen LogP contribution in [0.3, 0.4) is 0 Å². The molecule has 2 aromatic carbocycles. The van der Waals surface area contributed by atoms with Gasteiger partial charge >= 0.3 is 0 Å². The van der Waals surface area contributed by atoms with Crippen LogP contribution in [-0.4, -0.2) is 42.4 Å². The molecule has 0 aliphatic carbocycles.